The molecular weight excluding hydrogens is 313 g/mol. The van der Waals surface area contributed by atoms with Crippen LogP contribution in [0.25, 0.3) is 11.3 Å². The van der Waals surface area contributed by atoms with Crippen LogP contribution in [-0.2, 0) is 0 Å². The summed E-state index contributed by atoms with van der Waals surface area (Å²) in [6.07, 6.45) is 5.85. The van der Waals surface area contributed by atoms with E-state index in [1.54, 1.807) is 18.3 Å². The van der Waals surface area contributed by atoms with Gasteiger partial charge in [-0.1, -0.05) is 18.5 Å². The summed E-state index contributed by atoms with van der Waals surface area (Å²) in [5.74, 6) is 0.385. The average molecular weight is 331 g/mol. The highest BCUT2D eigenvalue weighted by atomic mass is 16.1. The number of carbonyl (C=O) groups excluding carboxylic acids is 1. The first-order chi connectivity index (χ1) is 12.2. The standard InChI is InChI=1S/C18H18BN5O/c1-12-10-22-18(23-15-6-8-20-11-15)24-16(12)13-2-4-14(5-3-13)17(25)21-9-7-19/h2-6,8,10-11,20H,7,9H2,1H3,(H,21,25)(H,22,23,24). The van der Waals surface area contributed by atoms with Gasteiger partial charge < -0.3 is 15.6 Å². The lowest BCUT2D eigenvalue weighted by Gasteiger charge is -2.09. The molecule has 1 amide bonds. The van der Waals surface area contributed by atoms with Gasteiger partial charge in [0.25, 0.3) is 5.91 Å². The molecule has 124 valence electrons. The van der Waals surface area contributed by atoms with Gasteiger partial charge in [0.1, 0.15) is 0 Å². The smallest absolute Gasteiger partial charge is 0.251 e. The zero-order chi connectivity index (χ0) is 17.6. The summed E-state index contributed by atoms with van der Waals surface area (Å²) in [5.41, 5.74) is 4.19. The number of anilines is 2. The topological polar surface area (TPSA) is 82.7 Å². The molecular formula is C18H18BN5O. The van der Waals surface area contributed by atoms with Crippen LogP contribution >= 0.6 is 0 Å². The maximum absolute atomic E-state index is 11.9. The van der Waals surface area contributed by atoms with E-state index < -0.39 is 0 Å². The molecule has 2 radical (unpaired) electrons. The molecule has 25 heavy (non-hydrogen) atoms. The summed E-state index contributed by atoms with van der Waals surface area (Å²) in [6, 6.07) is 9.22. The summed E-state index contributed by atoms with van der Waals surface area (Å²) in [4.78, 5) is 23.8. The molecule has 2 heterocycles. The molecule has 6 nitrogen and oxygen atoms in total. The zero-order valence-electron chi connectivity index (χ0n) is 13.9. The molecule has 1 aromatic carbocycles. The third kappa shape index (κ3) is 4.06. The summed E-state index contributed by atoms with van der Waals surface area (Å²) in [6.45, 7) is 2.41. The van der Waals surface area contributed by atoms with Gasteiger partial charge in [-0.05, 0) is 30.7 Å². The molecule has 0 spiro atoms. The Morgan fingerprint density at radius 1 is 1.24 bits per heavy atom. The maximum atomic E-state index is 11.9. The third-order valence-corrected chi connectivity index (χ3v) is 3.68. The van der Waals surface area contributed by atoms with Gasteiger partial charge in [0.05, 0.1) is 19.2 Å². The number of nitrogens with one attached hydrogen (secondary N) is 3. The van der Waals surface area contributed by atoms with Crippen molar-refractivity contribution in [3.63, 3.8) is 0 Å². The van der Waals surface area contributed by atoms with Crippen LogP contribution in [0.5, 0.6) is 0 Å². The number of aryl methyl sites for hydroxylation is 1. The highest BCUT2D eigenvalue weighted by molar-refractivity contribution is 6.08. The van der Waals surface area contributed by atoms with Gasteiger partial charge in [0.15, 0.2) is 0 Å². The Bertz CT molecular complexity index is 846. The van der Waals surface area contributed by atoms with Crippen LogP contribution in [0.4, 0.5) is 11.6 Å². The fourth-order valence-electron chi connectivity index (χ4n) is 2.39. The SMILES string of the molecule is [B]CCNC(=O)c1ccc(-c2nc(Nc3cc[nH]c3)ncc2C)cc1. The minimum atomic E-state index is -0.133. The third-order valence-electron chi connectivity index (χ3n) is 3.68. The number of aromatic amines is 1. The van der Waals surface area contributed by atoms with E-state index in [0.29, 0.717) is 24.4 Å². The van der Waals surface area contributed by atoms with Crippen molar-refractivity contribution in [1.29, 1.82) is 0 Å². The van der Waals surface area contributed by atoms with Crippen molar-refractivity contribution in [2.75, 3.05) is 11.9 Å². The highest BCUT2D eigenvalue weighted by Crippen LogP contribution is 2.23. The molecule has 0 aliphatic carbocycles. The van der Waals surface area contributed by atoms with Gasteiger partial charge in [-0.25, -0.2) is 9.97 Å². The number of hydrogen-bond donors (Lipinski definition) is 3. The predicted molar refractivity (Wildman–Crippen MR) is 99.2 cm³/mol. The highest BCUT2D eigenvalue weighted by Gasteiger charge is 2.09. The van der Waals surface area contributed by atoms with Gasteiger partial charge in [-0.15, -0.1) is 0 Å². The van der Waals surface area contributed by atoms with E-state index in [9.17, 15) is 4.79 Å². The van der Waals surface area contributed by atoms with Crippen LogP contribution in [0, 0.1) is 6.92 Å². The van der Waals surface area contributed by atoms with Crippen molar-refractivity contribution < 1.29 is 4.79 Å². The molecule has 0 fully saturated rings. The van der Waals surface area contributed by atoms with E-state index in [-0.39, 0.29) is 5.91 Å². The van der Waals surface area contributed by atoms with Gasteiger partial charge in [0, 0.05) is 36.3 Å². The normalized spacial score (nSPS) is 10.4. The molecule has 3 aromatic rings. The van der Waals surface area contributed by atoms with E-state index in [2.05, 4.69) is 25.6 Å². The Morgan fingerprint density at radius 2 is 2.04 bits per heavy atom. The van der Waals surface area contributed by atoms with Crippen molar-refractivity contribution in [2.24, 2.45) is 0 Å². The van der Waals surface area contributed by atoms with Crippen LogP contribution in [0.2, 0.25) is 6.32 Å². The molecule has 0 aliphatic heterocycles. The van der Waals surface area contributed by atoms with Gasteiger partial charge >= 0.3 is 0 Å². The second-order valence-corrected chi connectivity index (χ2v) is 5.57. The number of hydrogen-bond acceptors (Lipinski definition) is 4. The fourth-order valence-corrected chi connectivity index (χ4v) is 2.39. The monoisotopic (exact) mass is 331 g/mol. The van der Waals surface area contributed by atoms with Crippen molar-refractivity contribution >= 4 is 25.4 Å². The van der Waals surface area contributed by atoms with Crippen LogP contribution in [0.15, 0.2) is 48.9 Å². The lowest BCUT2D eigenvalue weighted by molar-refractivity contribution is 0.0956. The Hall–Kier alpha value is -3.09. The minimum Gasteiger partial charge on any atom is -0.366 e. The first kappa shape index (κ1) is 16.8. The van der Waals surface area contributed by atoms with Crippen LogP contribution in [0.1, 0.15) is 15.9 Å². The number of aromatic nitrogens is 3. The van der Waals surface area contributed by atoms with Gasteiger partial charge in [-0.2, -0.15) is 0 Å². The van der Waals surface area contributed by atoms with Crippen LogP contribution < -0.4 is 10.6 Å². The second kappa shape index (κ2) is 7.66. The fraction of sp³-hybridized carbons (Fsp3) is 0.167. The van der Waals surface area contributed by atoms with Crippen molar-refractivity contribution in [2.45, 2.75) is 13.2 Å². The van der Waals surface area contributed by atoms with E-state index >= 15 is 0 Å². The summed E-state index contributed by atoms with van der Waals surface area (Å²) in [7, 11) is 5.40. The molecule has 0 unspecified atom stereocenters. The van der Waals surface area contributed by atoms with Crippen LogP contribution in [0.3, 0.4) is 0 Å². The quantitative estimate of drug-likeness (QED) is 0.607. The number of amides is 1. The molecule has 3 N–H and O–H groups in total. The predicted octanol–water partition coefficient (Wildman–Crippen LogP) is 2.84. The largest absolute Gasteiger partial charge is 0.366 e. The summed E-state index contributed by atoms with van der Waals surface area (Å²) < 4.78 is 0. The number of carbonyl (C=O) groups is 1. The molecule has 0 bridgehead atoms. The number of rotatable bonds is 6. The lowest BCUT2D eigenvalue weighted by atomic mass is 10.0. The van der Waals surface area contributed by atoms with E-state index in [1.165, 1.54) is 0 Å². The van der Waals surface area contributed by atoms with Crippen molar-refractivity contribution in [3.05, 3.63) is 60.0 Å². The molecule has 0 atom stereocenters. The maximum Gasteiger partial charge on any atom is 0.251 e. The van der Waals surface area contributed by atoms with E-state index in [1.807, 2.05) is 37.5 Å². The Morgan fingerprint density at radius 3 is 2.72 bits per heavy atom. The molecule has 0 aliphatic rings. The van der Waals surface area contributed by atoms with Crippen molar-refractivity contribution in [3.8, 4) is 11.3 Å². The van der Waals surface area contributed by atoms with E-state index in [0.717, 1.165) is 22.5 Å². The first-order valence-electron chi connectivity index (χ1n) is 7.99. The number of H-pyrrole nitrogens is 1. The average Bonchev–Trinajstić information content (AvgIpc) is 3.14. The number of nitrogens with zero attached hydrogens (tertiary/aromatic N) is 2. The molecule has 3 rings (SSSR count). The summed E-state index contributed by atoms with van der Waals surface area (Å²) in [5, 5.41) is 5.90. The van der Waals surface area contributed by atoms with Gasteiger partial charge in [0.2, 0.25) is 5.95 Å². The first-order valence-corrected chi connectivity index (χ1v) is 7.99. The minimum absolute atomic E-state index is 0.133. The van der Waals surface area contributed by atoms with Gasteiger partial charge in [-0.3, -0.25) is 4.79 Å². The second-order valence-electron chi connectivity index (χ2n) is 5.57. The Kier molecular flexibility index (Phi) is 5.13. The number of benzene rings is 1. The molecule has 2 aromatic heterocycles. The lowest BCUT2D eigenvalue weighted by Crippen LogP contribution is -2.23. The Labute approximate surface area is 147 Å². The molecule has 0 saturated carbocycles. The molecule has 7 heteroatoms. The Balaban J connectivity index is 1.82. The van der Waals surface area contributed by atoms with Crippen molar-refractivity contribution in [1.82, 2.24) is 20.3 Å². The zero-order valence-corrected chi connectivity index (χ0v) is 13.9. The summed E-state index contributed by atoms with van der Waals surface area (Å²) >= 11 is 0. The molecule has 0 saturated heterocycles. The van der Waals surface area contributed by atoms with Crippen LogP contribution in [-0.4, -0.2) is 35.3 Å². The van der Waals surface area contributed by atoms with E-state index in [4.69, 9.17) is 7.85 Å².